The van der Waals surface area contributed by atoms with Crippen LogP contribution in [0.15, 0.2) is 12.2 Å². The molecule has 3 rings (SSSR count). The maximum Gasteiger partial charge on any atom is 0.158 e. The first-order chi connectivity index (χ1) is 8.02. The first kappa shape index (κ1) is 11.4. The number of carbonyl (C=O) groups is 1. The third-order valence-corrected chi connectivity index (χ3v) is 4.61. The second kappa shape index (κ2) is 3.40. The molecule has 2 saturated heterocycles. The van der Waals surface area contributed by atoms with Crippen molar-refractivity contribution in [2.45, 2.75) is 38.3 Å². The van der Waals surface area contributed by atoms with Crippen molar-refractivity contribution in [1.82, 2.24) is 0 Å². The molecule has 3 aliphatic rings. The summed E-state index contributed by atoms with van der Waals surface area (Å²) in [4.78, 5) is 12.6. The number of hydrogen-bond acceptors (Lipinski definition) is 4. The van der Waals surface area contributed by atoms with Crippen molar-refractivity contribution in [3.05, 3.63) is 12.2 Å². The molecule has 4 heteroatoms. The van der Waals surface area contributed by atoms with E-state index in [1.807, 2.05) is 26.0 Å². The molecule has 17 heavy (non-hydrogen) atoms. The van der Waals surface area contributed by atoms with Crippen molar-refractivity contribution in [1.29, 1.82) is 0 Å². The van der Waals surface area contributed by atoms with E-state index in [-0.39, 0.29) is 24.1 Å². The second-order valence-electron chi connectivity index (χ2n) is 5.50. The molecule has 0 aliphatic carbocycles. The number of ether oxygens (including phenoxy) is 3. The van der Waals surface area contributed by atoms with E-state index in [9.17, 15) is 4.79 Å². The Morgan fingerprint density at radius 1 is 1.53 bits per heavy atom. The average Bonchev–Trinajstić information content (AvgIpc) is 2.73. The molecule has 2 bridgehead atoms. The normalized spacial score (nSPS) is 52.6. The Hall–Kier alpha value is -0.710. The number of ketones is 1. The van der Waals surface area contributed by atoms with Crippen molar-refractivity contribution >= 4 is 5.78 Å². The van der Waals surface area contributed by atoms with Gasteiger partial charge in [0.25, 0.3) is 0 Å². The summed E-state index contributed by atoms with van der Waals surface area (Å²) in [5.41, 5.74) is -1.11. The van der Waals surface area contributed by atoms with Gasteiger partial charge in [-0.1, -0.05) is 19.1 Å². The molecule has 0 N–H and O–H groups in total. The summed E-state index contributed by atoms with van der Waals surface area (Å²) in [5, 5.41) is 0. The smallest absolute Gasteiger partial charge is 0.158 e. The second-order valence-corrected chi connectivity index (χ2v) is 5.50. The standard InChI is InChI=1S/C13H18O4/c1-8-9-4-5-13(17-9)7-16-10(15-3)6-12(13,2)11(8)14/h4-5,8-10H,6-7H2,1-3H3/t8-,9+,10+,12+,13+/m0/s1. The minimum atomic E-state index is -0.573. The monoisotopic (exact) mass is 238 g/mol. The zero-order valence-electron chi connectivity index (χ0n) is 10.4. The highest BCUT2D eigenvalue weighted by Crippen LogP contribution is 2.54. The van der Waals surface area contributed by atoms with Crippen LogP contribution in [0.25, 0.3) is 0 Å². The highest BCUT2D eigenvalue weighted by atomic mass is 16.7. The van der Waals surface area contributed by atoms with Crippen molar-refractivity contribution < 1.29 is 19.0 Å². The fraction of sp³-hybridized carbons (Fsp3) is 0.769. The Labute approximate surface area is 101 Å². The molecule has 5 atom stereocenters. The first-order valence-corrected chi connectivity index (χ1v) is 6.08. The number of rotatable bonds is 1. The van der Waals surface area contributed by atoms with Gasteiger partial charge in [0.2, 0.25) is 0 Å². The predicted octanol–water partition coefficient (Wildman–Crippen LogP) is 1.30. The first-order valence-electron chi connectivity index (χ1n) is 6.08. The van der Waals surface area contributed by atoms with Crippen LogP contribution >= 0.6 is 0 Å². The summed E-state index contributed by atoms with van der Waals surface area (Å²) in [6.45, 7) is 4.31. The van der Waals surface area contributed by atoms with Crippen LogP contribution in [-0.2, 0) is 19.0 Å². The molecule has 3 heterocycles. The number of fused-ring (bicyclic) bond motifs is 1. The zero-order valence-corrected chi connectivity index (χ0v) is 10.4. The number of Topliss-reactive ketones (excluding diaryl/α,β-unsaturated/α-hetero) is 1. The predicted molar refractivity (Wildman–Crippen MR) is 60.4 cm³/mol. The van der Waals surface area contributed by atoms with Crippen molar-refractivity contribution in [2.75, 3.05) is 13.7 Å². The molecule has 2 fully saturated rings. The summed E-state index contributed by atoms with van der Waals surface area (Å²) in [7, 11) is 1.61. The summed E-state index contributed by atoms with van der Waals surface area (Å²) in [6, 6.07) is 0. The maximum atomic E-state index is 12.6. The molecule has 94 valence electrons. The average molecular weight is 238 g/mol. The molecule has 0 unspecified atom stereocenters. The summed E-state index contributed by atoms with van der Waals surface area (Å²) < 4.78 is 16.9. The van der Waals surface area contributed by atoms with E-state index < -0.39 is 11.0 Å². The van der Waals surface area contributed by atoms with Crippen LogP contribution in [0.5, 0.6) is 0 Å². The fourth-order valence-electron chi connectivity index (χ4n) is 3.29. The van der Waals surface area contributed by atoms with Gasteiger partial charge in [-0.3, -0.25) is 4.79 Å². The summed E-state index contributed by atoms with van der Waals surface area (Å²) >= 11 is 0. The van der Waals surface area contributed by atoms with Crippen molar-refractivity contribution in [2.24, 2.45) is 11.3 Å². The fourth-order valence-corrected chi connectivity index (χ4v) is 3.29. The van der Waals surface area contributed by atoms with Gasteiger partial charge in [-0.15, -0.1) is 0 Å². The molecule has 0 amide bonds. The molecule has 3 aliphatic heterocycles. The van der Waals surface area contributed by atoms with Gasteiger partial charge >= 0.3 is 0 Å². The lowest BCUT2D eigenvalue weighted by Gasteiger charge is -2.53. The molecule has 0 saturated carbocycles. The van der Waals surface area contributed by atoms with Crippen LogP contribution in [0.1, 0.15) is 20.3 Å². The molecule has 0 radical (unpaired) electrons. The van der Waals surface area contributed by atoms with Gasteiger partial charge < -0.3 is 14.2 Å². The van der Waals surface area contributed by atoms with E-state index in [0.29, 0.717) is 13.0 Å². The Balaban J connectivity index is 2.02. The molecular formula is C13H18O4. The van der Waals surface area contributed by atoms with Crippen LogP contribution in [0.2, 0.25) is 0 Å². The SMILES string of the molecule is CO[C@H]1C[C@]2(C)C(=O)[C@@H](C)[C@H]3C=C[C@]2(CO1)O3. The number of hydrogen-bond donors (Lipinski definition) is 0. The van der Waals surface area contributed by atoms with Crippen LogP contribution < -0.4 is 0 Å². The minimum absolute atomic E-state index is 0.0810. The van der Waals surface area contributed by atoms with Crippen LogP contribution in [0.4, 0.5) is 0 Å². The Bertz CT molecular complexity index is 391. The van der Waals surface area contributed by atoms with E-state index in [0.717, 1.165) is 0 Å². The highest BCUT2D eigenvalue weighted by molar-refractivity contribution is 5.90. The van der Waals surface area contributed by atoms with E-state index in [2.05, 4.69) is 0 Å². The molecule has 0 aromatic carbocycles. The van der Waals surface area contributed by atoms with Crippen molar-refractivity contribution in [3.63, 3.8) is 0 Å². The lowest BCUT2D eigenvalue weighted by molar-refractivity contribution is -0.265. The third kappa shape index (κ3) is 1.26. The largest absolute Gasteiger partial charge is 0.359 e. The quantitative estimate of drug-likeness (QED) is 0.646. The van der Waals surface area contributed by atoms with Gasteiger partial charge in [-0.05, 0) is 6.92 Å². The van der Waals surface area contributed by atoms with E-state index in [1.165, 1.54) is 0 Å². The van der Waals surface area contributed by atoms with Crippen LogP contribution in [-0.4, -0.2) is 37.5 Å². The minimum Gasteiger partial charge on any atom is -0.359 e. The molecular weight excluding hydrogens is 220 g/mol. The van der Waals surface area contributed by atoms with E-state index >= 15 is 0 Å². The lowest BCUT2D eigenvalue weighted by atomic mass is 9.63. The molecule has 0 aromatic rings. The van der Waals surface area contributed by atoms with Gasteiger partial charge in [0, 0.05) is 19.4 Å². The Morgan fingerprint density at radius 3 is 3.00 bits per heavy atom. The molecule has 0 aromatic heterocycles. The van der Waals surface area contributed by atoms with Crippen LogP contribution in [0.3, 0.4) is 0 Å². The summed E-state index contributed by atoms with van der Waals surface area (Å²) in [6.07, 6.45) is 4.19. The van der Waals surface area contributed by atoms with E-state index in [1.54, 1.807) is 7.11 Å². The van der Waals surface area contributed by atoms with E-state index in [4.69, 9.17) is 14.2 Å². The van der Waals surface area contributed by atoms with Gasteiger partial charge in [0.15, 0.2) is 6.29 Å². The van der Waals surface area contributed by atoms with Gasteiger partial charge in [-0.25, -0.2) is 0 Å². The zero-order chi connectivity index (χ0) is 12.3. The van der Waals surface area contributed by atoms with Crippen LogP contribution in [0, 0.1) is 11.3 Å². The van der Waals surface area contributed by atoms with Gasteiger partial charge in [-0.2, -0.15) is 0 Å². The van der Waals surface area contributed by atoms with Crippen molar-refractivity contribution in [3.8, 4) is 0 Å². The van der Waals surface area contributed by atoms with Gasteiger partial charge in [0.05, 0.1) is 18.1 Å². The molecule has 1 spiro atoms. The Kier molecular flexibility index (Phi) is 2.28. The topological polar surface area (TPSA) is 44.8 Å². The maximum absolute atomic E-state index is 12.6. The third-order valence-electron chi connectivity index (χ3n) is 4.61. The Morgan fingerprint density at radius 2 is 2.29 bits per heavy atom. The molecule has 4 nitrogen and oxygen atoms in total. The number of carbonyl (C=O) groups excluding carboxylic acids is 1. The lowest BCUT2D eigenvalue weighted by Crippen LogP contribution is -2.64. The van der Waals surface area contributed by atoms with Gasteiger partial charge in [0.1, 0.15) is 11.4 Å². The number of methoxy groups -OCH3 is 1. The summed E-state index contributed by atoms with van der Waals surface area (Å²) in [5.74, 6) is 0.187. The highest BCUT2D eigenvalue weighted by Gasteiger charge is 2.64.